The number of nitrogens with one attached hydrogen (secondary N) is 1. The fraction of sp³-hybridized carbons (Fsp3) is 0.120. The molecule has 1 aliphatic heterocycles. The maximum Gasteiger partial charge on any atom is 0.308 e. The first kappa shape index (κ1) is 22.3. The third-order valence-corrected chi connectivity index (χ3v) is 5.84. The molecular weight excluding hydrogens is 438 g/mol. The summed E-state index contributed by atoms with van der Waals surface area (Å²) in [6.45, 7) is 1.32. The Balaban J connectivity index is 1.49. The minimum atomic E-state index is -0.604. The Hall–Kier alpha value is -3.91. The molecule has 1 atom stereocenters. The zero-order valence-electron chi connectivity index (χ0n) is 17.8. The monoisotopic (exact) mass is 459 g/mol. The molecule has 4 rings (SSSR count). The molecule has 1 fully saturated rings. The van der Waals surface area contributed by atoms with Crippen LogP contribution in [-0.4, -0.2) is 28.2 Å². The van der Waals surface area contributed by atoms with Crippen LogP contribution < -0.4 is 15.0 Å². The van der Waals surface area contributed by atoms with Gasteiger partial charge in [0.05, 0.1) is 11.4 Å². The van der Waals surface area contributed by atoms with Gasteiger partial charge in [0.2, 0.25) is 11.8 Å². The van der Waals surface area contributed by atoms with Crippen molar-refractivity contribution in [3.05, 3.63) is 84.9 Å². The van der Waals surface area contributed by atoms with Gasteiger partial charge in [0.25, 0.3) is 0 Å². The number of esters is 1. The standard InChI is InChI=1S/C25H21N3O4S/c1-17(29)32-21-14-12-19(13-15-21)26-23(30)16-22-24(31)28(20-10-6-3-7-11-20)25(33-22)27-18-8-4-2-5-9-18/h2-15,22H,16H2,1H3,(H,26,30). The highest BCUT2D eigenvalue weighted by Crippen LogP contribution is 2.35. The summed E-state index contributed by atoms with van der Waals surface area (Å²) in [4.78, 5) is 43.1. The van der Waals surface area contributed by atoms with Gasteiger partial charge in [-0.3, -0.25) is 19.3 Å². The number of amidine groups is 1. The number of carbonyl (C=O) groups excluding carboxylic acids is 3. The zero-order valence-corrected chi connectivity index (χ0v) is 18.6. The van der Waals surface area contributed by atoms with E-state index in [0.717, 1.165) is 5.69 Å². The molecule has 2 amide bonds. The van der Waals surface area contributed by atoms with E-state index in [4.69, 9.17) is 4.74 Å². The molecule has 1 aliphatic rings. The molecule has 3 aromatic rings. The molecular formula is C25H21N3O4S. The second kappa shape index (κ2) is 10.1. The number of hydrogen-bond acceptors (Lipinski definition) is 6. The van der Waals surface area contributed by atoms with Crippen molar-refractivity contribution in [2.45, 2.75) is 18.6 Å². The van der Waals surface area contributed by atoms with Gasteiger partial charge in [-0.2, -0.15) is 0 Å². The number of hydrogen-bond donors (Lipinski definition) is 1. The van der Waals surface area contributed by atoms with Gasteiger partial charge in [-0.05, 0) is 48.5 Å². The van der Waals surface area contributed by atoms with Gasteiger partial charge in [0.15, 0.2) is 5.17 Å². The maximum absolute atomic E-state index is 13.2. The van der Waals surface area contributed by atoms with E-state index in [9.17, 15) is 14.4 Å². The van der Waals surface area contributed by atoms with E-state index >= 15 is 0 Å². The normalized spacial score (nSPS) is 16.6. The first-order valence-electron chi connectivity index (χ1n) is 10.3. The summed E-state index contributed by atoms with van der Waals surface area (Å²) in [6, 6.07) is 25.1. The Morgan fingerprint density at radius 1 is 0.970 bits per heavy atom. The van der Waals surface area contributed by atoms with E-state index < -0.39 is 11.2 Å². The van der Waals surface area contributed by atoms with Crippen molar-refractivity contribution in [1.29, 1.82) is 0 Å². The average Bonchev–Trinajstić information content (AvgIpc) is 3.10. The molecule has 0 spiro atoms. The Morgan fingerprint density at radius 2 is 1.61 bits per heavy atom. The Morgan fingerprint density at radius 3 is 2.24 bits per heavy atom. The quantitative estimate of drug-likeness (QED) is 0.424. The second-order valence-electron chi connectivity index (χ2n) is 7.22. The van der Waals surface area contributed by atoms with Crippen LogP contribution in [0.3, 0.4) is 0 Å². The Bertz CT molecular complexity index is 1180. The molecule has 166 valence electrons. The number of carbonyl (C=O) groups is 3. The minimum absolute atomic E-state index is 0.00760. The Labute approximate surface area is 195 Å². The number of rotatable bonds is 6. The van der Waals surface area contributed by atoms with Gasteiger partial charge < -0.3 is 10.1 Å². The van der Waals surface area contributed by atoms with Crippen molar-refractivity contribution < 1.29 is 19.1 Å². The molecule has 1 N–H and O–H groups in total. The molecule has 8 heteroatoms. The molecule has 0 radical (unpaired) electrons. The maximum atomic E-state index is 13.2. The SMILES string of the molecule is CC(=O)Oc1ccc(NC(=O)CC2SC(=Nc3ccccc3)N(c3ccccc3)C2=O)cc1. The number of aliphatic imine (C=N–C) groups is 1. The van der Waals surface area contributed by atoms with Crippen LogP contribution in [0.25, 0.3) is 0 Å². The van der Waals surface area contributed by atoms with Crippen LogP contribution in [0.5, 0.6) is 5.75 Å². The molecule has 0 aliphatic carbocycles. The fourth-order valence-corrected chi connectivity index (χ4v) is 4.41. The lowest BCUT2D eigenvalue weighted by atomic mass is 10.2. The number of ether oxygens (including phenoxy) is 1. The van der Waals surface area contributed by atoms with E-state index in [0.29, 0.717) is 22.3 Å². The smallest absolute Gasteiger partial charge is 0.308 e. The van der Waals surface area contributed by atoms with Crippen LogP contribution in [0.4, 0.5) is 17.1 Å². The molecule has 7 nitrogen and oxygen atoms in total. The van der Waals surface area contributed by atoms with E-state index in [2.05, 4.69) is 10.3 Å². The lowest BCUT2D eigenvalue weighted by molar-refractivity contribution is -0.131. The number of para-hydroxylation sites is 2. The predicted octanol–water partition coefficient (Wildman–Crippen LogP) is 4.78. The van der Waals surface area contributed by atoms with E-state index in [1.807, 2.05) is 60.7 Å². The first-order chi connectivity index (χ1) is 16.0. The molecule has 1 saturated heterocycles. The highest BCUT2D eigenvalue weighted by atomic mass is 32.2. The molecule has 0 bridgehead atoms. The highest BCUT2D eigenvalue weighted by Gasteiger charge is 2.40. The summed E-state index contributed by atoms with van der Waals surface area (Å²) in [6.07, 6.45) is -0.00760. The third kappa shape index (κ3) is 5.67. The van der Waals surface area contributed by atoms with Crippen LogP contribution in [0, 0.1) is 0 Å². The van der Waals surface area contributed by atoms with Crippen molar-refractivity contribution >= 4 is 51.8 Å². The van der Waals surface area contributed by atoms with Crippen LogP contribution in [0.1, 0.15) is 13.3 Å². The number of benzene rings is 3. The third-order valence-electron chi connectivity index (χ3n) is 4.70. The summed E-state index contributed by atoms with van der Waals surface area (Å²) in [5.74, 6) is -0.516. The van der Waals surface area contributed by atoms with Gasteiger partial charge in [0.1, 0.15) is 11.0 Å². The van der Waals surface area contributed by atoms with Crippen molar-refractivity contribution in [3.8, 4) is 5.75 Å². The van der Waals surface area contributed by atoms with Gasteiger partial charge in [-0.1, -0.05) is 48.2 Å². The highest BCUT2D eigenvalue weighted by molar-refractivity contribution is 8.16. The van der Waals surface area contributed by atoms with Crippen molar-refractivity contribution in [2.75, 3.05) is 10.2 Å². The zero-order chi connectivity index (χ0) is 23.2. The Kier molecular flexibility index (Phi) is 6.85. The van der Waals surface area contributed by atoms with Crippen LogP contribution in [-0.2, 0) is 14.4 Å². The topological polar surface area (TPSA) is 88.1 Å². The fourth-order valence-electron chi connectivity index (χ4n) is 3.25. The summed E-state index contributed by atoms with van der Waals surface area (Å²) in [5.41, 5.74) is 1.98. The van der Waals surface area contributed by atoms with Crippen LogP contribution in [0.2, 0.25) is 0 Å². The summed E-state index contributed by atoms with van der Waals surface area (Å²) in [7, 11) is 0. The van der Waals surface area contributed by atoms with Crippen molar-refractivity contribution in [1.82, 2.24) is 0 Å². The average molecular weight is 460 g/mol. The molecule has 0 saturated carbocycles. The van der Waals surface area contributed by atoms with E-state index in [-0.39, 0.29) is 18.2 Å². The lowest BCUT2D eigenvalue weighted by Gasteiger charge is -2.16. The van der Waals surface area contributed by atoms with E-state index in [1.165, 1.54) is 18.7 Å². The summed E-state index contributed by atoms with van der Waals surface area (Å²) >= 11 is 1.27. The number of anilines is 2. The van der Waals surface area contributed by atoms with Gasteiger partial charge in [-0.15, -0.1) is 0 Å². The largest absolute Gasteiger partial charge is 0.427 e. The van der Waals surface area contributed by atoms with Crippen LogP contribution >= 0.6 is 11.8 Å². The van der Waals surface area contributed by atoms with Crippen molar-refractivity contribution in [3.63, 3.8) is 0 Å². The minimum Gasteiger partial charge on any atom is -0.427 e. The first-order valence-corrected chi connectivity index (χ1v) is 11.2. The second-order valence-corrected chi connectivity index (χ2v) is 8.39. The molecule has 3 aromatic carbocycles. The predicted molar refractivity (Wildman–Crippen MR) is 130 cm³/mol. The summed E-state index contributed by atoms with van der Waals surface area (Å²) < 4.78 is 4.99. The number of amides is 2. The lowest BCUT2D eigenvalue weighted by Crippen LogP contribution is -2.33. The molecule has 1 unspecified atom stereocenters. The van der Waals surface area contributed by atoms with Gasteiger partial charge >= 0.3 is 5.97 Å². The number of nitrogens with zero attached hydrogens (tertiary/aromatic N) is 2. The molecule has 33 heavy (non-hydrogen) atoms. The van der Waals surface area contributed by atoms with Crippen molar-refractivity contribution in [2.24, 2.45) is 4.99 Å². The van der Waals surface area contributed by atoms with Crippen LogP contribution in [0.15, 0.2) is 89.9 Å². The number of thioether (sulfide) groups is 1. The van der Waals surface area contributed by atoms with Gasteiger partial charge in [-0.25, -0.2) is 4.99 Å². The molecule has 1 heterocycles. The molecule has 0 aromatic heterocycles. The van der Waals surface area contributed by atoms with E-state index in [1.54, 1.807) is 29.2 Å². The summed E-state index contributed by atoms with van der Waals surface area (Å²) in [5, 5.41) is 2.71. The van der Waals surface area contributed by atoms with Gasteiger partial charge in [0, 0.05) is 19.0 Å².